The minimum Gasteiger partial charge on any atom is -0.444 e. The number of halogens is 3. The van der Waals surface area contributed by atoms with E-state index in [-0.39, 0.29) is 6.09 Å². The third-order valence-corrected chi connectivity index (χ3v) is 7.29. The molecule has 1 aliphatic rings. The van der Waals surface area contributed by atoms with Gasteiger partial charge in [-0.2, -0.15) is 13.2 Å². The number of hydrogen-bond acceptors (Lipinski definition) is 4. The average molecular weight is 568 g/mol. The number of rotatable bonds is 6. The van der Waals surface area contributed by atoms with Crippen LogP contribution in [0, 0.1) is 6.92 Å². The van der Waals surface area contributed by atoms with Crippen LogP contribution in [0.2, 0.25) is 0 Å². The Morgan fingerprint density at radius 3 is 2.44 bits per heavy atom. The molecule has 7 nitrogen and oxygen atoms in total. The van der Waals surface area contributed by atoms with Gasteiger partial charge in [0.25, 0.3) is 0 Å². The van der Waals surface area contributed by atoms with Crippen LogP contribution in [0.25, 0.3) is 33.5 Å². The maximum atomic E-state index is 13.2. The predicted octanol–water partition coefficient (Wildman–Crippen LogP) is 6.97. The normalized spacial score (nSPS) is 15.0. The topological polar surface area (TPSA) is 66.4 Å². The van der Waals surface area contributed by atoms with E-state index in [4.69, 9.17) is 4.74 Å². The predicted molar refractivity (Wildman–Crippen MR) is 154 cm³/mol. The Hall–Kier alpha value is -3.79. The monoisotopic (exact) mass is 567 g/mol. The molecule has 41 heavy (non-hydrogen) atoms. The second kappa shape index (κ2) is 11.2. The highest BCUT2D eigenvalue weighted by molar-refractivity contribution is 5.85. The largest absolute Gasteiger partial charge is 0.444 e. The molecule has 2 aromatic carbocycles. The Kier molecular flexibility index (Phi) is 7.87. The van der Waals surface area contributed by atoms with Gasteiger partial charge in [-0.1, -0.05) is 12.1 Å². The van der Waals surface area contributed by atoms with Crippen molar-refractivity contribution in [2.24, 2.45) is 0 Å². The van der Waals surface area contributed by atoms with E-state index in [1.807, 2.05) is 33.8 Å². The molecule has 218 valence electrons. The number of ether oxygens (including phenoxy) is 1. The van der Waals surface area contributed by atoms with Crippen LogP contribution in [0.1, 0.15) is 38.4 Å². The maximum Gasteiger partial charge on any atom is 0.416 e. The number of imidazole rings is 1. The lowest BCUT2D eigenvalue weighted by atomic mass is 10.1. The molecule has 0 bridgehead atoms. The van der Waals surface area contributed by atoms with Crippen molar-refractivity contribution in [2.45, 2.75) is 52.4 Å². The molecular formula is C31H36F3N5O2. The van der Waals surface area contributed by atoms with Crippen LogP contribution < -0.4 is 0 Å². The van der Waals surface area contributed by atoms with Crippen LogP contribution in [-0.2, 0) is 17.5 Å². The maximum absolute atomic E-state index is 13.2. The molecule has 0 spiro atoms. The lowest BCUT2D eigenvalue weighted by molar-refractivity contribution is -0.137. The van der Waals surface area contributed by atoms with Crippen LogP contribution in [0.4, 0.5) is 18.0 Å². The number of hydrogen-bond donors (Lipinski definition) is 1. The van der Waals surface area contributed by atoms with Gasteiger partial charge in [0, 0.05) is 66.6 Å². The molecule has 0 atom stereocenters. The van der Waals surface area contributed by atoms with E-state index in [9.17, 15) is 18.0 Å². The van der Waals surface area contributed by atoms with E-state index in [1.54, 1.807) is 11.0 Å². The summed E-state index contributed by atoms with van der Waals surface area (Å²) in [7, 11) is 0. The molecule has 0 unspecified atom stereocenters. The van der Waals surface area contributed by atoms with Crippen LogP contribution in [0.5, 0.6) is 0 Å². The quantitative estimate of drug-likeness (QED) is 0.273. The van der Waals surface area contributed by atoms with Gasteiger partial charge in [0.1, 0.15) is 11.4 Å². The van der Waals surface area contributed by atoms with Gasteiger partial charge in [0.05, 0.1) is 11.3 Å². The molecule has 2 aromatic heterocycles. The van der Waals surface area contributed by atoms with Gasteiger partial charge in [-0.05, 0) is 77.1 Å². The molecule has 1 aliphatic heterocycles. The first kappa shape index (κ1) is 28.7. The van der Waals surface area contributed by atoms with Crippen molar-refractivity contribution < 1.29 is 22.7 Å². The number of aryl methyl sites for hydroxylation is 2. The number of nitrogens with zero attached hydrogens (tertiary/aromatic N) is 4. The van der Waals surface area contributed by atoms with E-state index in [0.29, 0.717) is 35.9 Å². The van der Waals surface area contributed by atoms with Crippen molar-refractivity contribution in [1.29, 1.82) is 0 Å². The van der Waals surface area contributed by atoms with Gasteiger partial charge in [0.2, 0.25) is 0 Å². The van der Waals surface area contributed by atoms with Gasteiger partial charge in [-0.25, -0.2) is 9.78 Å². The van der Waals surface area contributed by atoms with E-state index in [0.717, 1.165) is 61.2 Å². The highest BCUT2D eigenvalue weighted by Gasteiger charge is 2.31. The zero-order chi connectivity index (χ0) is 29.4. The van der Waals surface area contributed by atoms with Gasteiger partial charge in [0.15, 0.2) is 0 Å². The fourth-order valence-corrected chi connectivity index (χ4v) is 5.21. The second-order valence-electron chi connectivity index (χ2n) is 11.6. The number of alkyl halides is 3. The molecule has 5 rings (SSSR count). The van der Waals surface area contributed by atoms with Crippen molar-refractivity contribution >= 4 is 17.0 Å². The lowest BCUT2D eigenvalue weighted by Crippen LogP contribution is -2.50. The van der Waals surface area contributed by atoms with Crippen molar-refractivity contribution in [3.05, 3.63) is 66.0 Å². The van der Waals surface area contributed by atoms with Crippen molar-refractivity contribution in [3.63, 3.8) is 0 Å². The summed E-state index contributed by atoms with van der Waals surface area (Å²) in [5.41, 5.74) is 2.47. The van der Waals surface area contributed by atoms with E-state index >= 15 is 0 Å². The third-order valence-electron chi connectivity index (χ3n) is 7.29. The number of carbonyl (C=O) groups is 1. The SMILES string of the molecule is Cc1[nH]c(-c2ccc3c(ccn3CCCN3CCN(C(=O)OC(C)(C)C)CC3)c2)nc1-c1cccc(C(F)(F)F)c1. The van der Waals surface area contributed by atoms with Crippen molar-refractivity contribution in [2.75, 3.05) is 32.7 Å². The highest BCUT2D eigenvalue weighted by atomic mass is 19.4. The van der Waals surface area contributed by atoms with Crippen LogP contribution >= 0.6 is 0 Å². The number of carbonyl (C=O) groups excluding carboxylic acids is 1. The molecule has 1 N–H and O–H groups in total. The van der Waals surface area contributed by atoms with E-state index < -0.39 is 17.3 Å². The molecule has 1 amide bonds. The molecular weight excluding hydrogens is 531 g/mol. The van der Waals surface area contributed by atoms with E-state index in [2.05, 4.69) is 43.8 Å². The first-order valence-electron chi connectivity index (χ1n) is 13.9. The van der Waals surface area contributed by atoms with Gasteiger partial charge in [-0.15, -0.1) is 0 Å². The van der Waals surface area contributed by atoms with Crippen LogP contribution in [0.15, 0.2) is 54.7 Å². The van der Waals surface area contributed by atoms with Gasteiger partial charge >= 0.3 is 12.3 Å². The molecule has 3 heterocycles. The van der Waals surface area contributed by atoms with E-state index in [1.165, 1.54) is 6.07 Å². The van der Waals surface area contributed by atoms with Crippen LogP contribution in [-0.4, -0.2) is 68.8 Å². The number of H-pyrrole nitrogens is 1. The summed E-state index contributed by atoms with van der Waals surface area (Å²) in [6.45, 7) is 12.3. The summed E-state index contributed by atoms with van der Waals surface area (Å²) in [4.78, 5) is 24.4. The van der Waals surface area contributed by atoms with Crippen LogP contribution in [0.3, 0.4) is 0 Å². The Labute approximate surface area is 237 Å². The van der Waals surface area contributed by atoms with Gasteiger partial charge < -0.3 is 19.2 Å². The molecule has 4 aromatic rings. The summed E-state index contributed by atoms with van der Waals surface area (Å²) in [5.74, 6) is 0.620. The Balaban J connectivity index is 1.20. The van der Waals surface area contributed by atoms with Crippen molar-refractivity contribution in [3.8, 4) is 22.6 Å². The summed E-state index contributed by atoms with van der Waals surface area (Å²) in [6, 6.07) is 13.4. The first-order valence-corrected chi connectivity index (χ1v) is 13.9. The number of aromatic amines is 1. The zero-order valence-corrected chi connectivity index (χ0v) is 23.9. The second-order valence-corrected chi connectivity index (χ2v) is 11.6. The summed E-state index contributed by atoms with van der Waals surface area (Å²) in [6.07, 6.45) is -1.59. The molecule has 1 fully saturated rings. The third kappa shape index (κ3) is 6.75. The first-order chi connectivity index (χ1) is 19.4. The minimum absolute atomic E-state index is 0.244. The Bertz CT molecular complexity index is 1520. The molecule has 1 saturated heterocycles. The summed E-state index contributed by atoms with van der Waals surface area (Å²) < 4.78 is 47.4. The highest BCUT2D eigenvalue weighted by Crippen LogP contribution is 2.33. The number of amides is 1. The fraction of sp³-hybridized carbons (Fsp3) is 0.419. The minimum atomic E-state index is -4.40. The lowest BCUT2D eigenvalue weighted by Gasteiger charge is -2.35. The standard InChI is InChI=1S/C31H36F3N5O2/c1-21-27(23-7-5-8-25(20-23)31(32,33)34)36-28(35-21)24-9-10-26-22(19-24)11-14-38(26)13-6-12-37-15-17-39(18-16-37)29(40)41-30(2,3)4/h5,7-11,14,19-20H,6,12-13,15-18H2,1-4H3,(H,35,36). The fourth-order valence-electron chi connectivity index (χ4n) is 5.21. The number of aromatic nitrogens is 3. The Morgan fingerprint density at radius 2 is 1.73 bits per heavy atom. The number of piperazine rings is 1. The number of fused-ring (bicyclic) bond motifs is 1. The molecule has 10 heteroatoms. The molecule has 0 saturated carbocycles. The average Bonchev–Trinajstić information content (AvgIpc) is 3.50. The van der Waals surface area contributed by atoms with Gasteiger partial charge in [-0.3, -0.25) is 4.90 Å². The van der Waals surface area contributed by atoms with Crippen molar-refractivity contribution in [1.82, 2.24) is 24.3 Å². The Morgan fingerprint density at radius 1 is 0.976 bits per heavy atom. The molecule has 0 aliphatic carbocycles. The number of benzene rings is 2. The zero-order valence-electron chi connectivity index (χ0n) is 23.9. The summed E-state index contributed by atoms with van der Waals surface area (Å²) >= 11 is 0. The summed E-state index contributed by atoms with van der Waals surface area (Å²) in [5, 5.41) is 1.07. The number of nitrogens with one attached hydrogen (secondary N) is 1. The molecule has 0 radical (unpaired) electrons. The smallest absolute Gasteiger partial charge is 0.416 e.